The van der Waals surface area contributed by atoms with Crippen molar-refractivity contribution in [2.24, 2.45) is 5.92 Å². The maximum Gasteiger partial charge on any atom is 0.265 e. The lowest BCUT2D eigenvalue weighted by molar-refractivity contribution is -0.132. The molecule has 2 heterocycles. The van der Waals surface area contributed by atoms with E-state index in [9.17, 15) is 9.59 Å². The molecule has 1 aromatic carbocycles. The number of nitrogens with zero attached hydrogens (tertiary/aromatic N) is 2. The van der Waals surface area contributed by atoms with E-state index in [4.69, 9.17) is 9.47 Å². The van der Waals surface area contributed by atoms with Crippen molar-refractivity contribution in [3.63, 3.8) is 0 Å². The number of fused-ring (bicyclic) bond motifs is 1. The maximum atomic E-state index is 12.8. The minimum Gasteiger partial charge on any atom is -0.482 e. The fourth-order valence-corrected chi connectivity index (χ4v) is 3.60. The highest BCUT2D eigenvalue weighted by atomic mass is 16.5. The van der Waals surface area contributed by atoms with E-state index in [0.717, 1.165) is 44.7 Å². The fraction of sp³-hybridized carbons (Fsp3) is 0.579. The summed E-state index contributed by atoms with van der Waals surface area (Å²) in [7, 11) is 0. The van der Waals surface area contributed by atoms with E-state index in [1.54, 1.807) is 4.90 Å². The van der Waals surface area contributed by atoms with Gasteiger partial charge in [-0.05, 0) is 31.4 Å². The van der Waals surface area contributed by atoms with Crippen molar-refractivity contribution in [3.8, 4) is 5.75 Å². The number of ether oxygens (including phenoxy) is 2. The topological polar surface area (TPSA) is 59.1 Å². The summed E-state index contributed by atoms with van der Waals surface area (Å²) >= 11 is 0. The molecule has 0 spiro atoms. The van der Waals surface area contributed by atoms with Gasteiger partial charge in [-0.1, -0.05) is 12.1 Å². The van der Waals surface area contributed by atoms with Crippen LogP contribution < -0.4 is 9.64 Å². The molecule has 134 valence electrons. The van der Waals surface area contributed by atoms with Gasteiger partial charge in [0.1, 0.15) is 5.75 Å². The summed E-state index contributed by atoms with van der Waals surface area (Å²) in [6, 6.07) is 7.88. The molecule has 1 unspecified atom stereocenters. The van der Waals surface area contributed by atoms with Crippen LogP contribution in [0.25, 0.3) is 0 Å². The second kappa shape index (κ2) is 7.04. The Kier molecular flexibility index (Phi) is 4.61. The predicted octanol–water partition coefficient (Wildman–Crippen LogP) is 1.83. The first-order valence-electron chi connectivity index (χ1n) is 9.12. The number of hydrogen-bond donors (Lipinski definition) is 0. The summed E-state index contributed by atoms with van der Waals surface area (Å²) in [4.78, 5) is 28.7. The van der Waals surface area contributed by atoms with Crippen LogP contribution in [-0.2, 0) is 14.3 Å². The van der Waals surface area contributed by atoms with Crippen molar-refractivity contribution in [2.75, 3.05) is 37.8 Å². The van der Waals surface area contributed by atoms with Crippen molar-refractivity contribution < 1.29 is 19.1 Å². The Bertz CT molecular complexity index is 653. The van der Waals surface area contributed by atoms with Crippen LogP contribution in [0.5, 0.6) is 5.75 Å². The lowest BCUT2D eigenvalue weighted by Gasteiger charge is -2.30. The highest BCUT2D eigenvalue weighted by Crippen LogP contribution is 2.32. The Hall–Kier alpha value is -2.08. The van der Waals surface area contributed by atoms with Crippen molar-refractivity contribution in [3.05, 3.63) is 24.3 Å². The molecule has 1 aromatic rings. The maximum absolute atomic E-state index is 12.8. The normalized spacial score (nSPS) is 22.5. The number of rotatable bonds is 6. The van der Waals surface area contributed by atoms with Crippen LogP contribution in [0, 0.1) is 5.92 Å². The number of benzene rings is 1. The molecule has 6 heteroatoms. The van der Waals surface area contributed by atoms with E-state index in [-0.39, 0.29) is 18.4 Å². The molecule has 2 amide bonds. The summed E-state index contributed by atoms with van der Waals surface area (Å²) < 4.78 is 10.9. The lowest BCUT2D eigenvalue weighted by Crippen LogP contribution is -2.43. The quantitative estimate of drug-likeness (QED) is 0.790. The average molecular weight is 344 g/mol. The molecule has 3 aliphatic rings. The molecular formula is C19H24N2O4. The molecule has 1 saturated heterocycles. The summed E-state index contributed by atoms with van der Waals surface area (Å²) in [5.74, 6) is 1.21. The number of para-hydroxylation sites is 2. The van der Waals surface area contributed by atoms with E-state index >= 15 is 0 Å². The molecule has 2 aliphatic heterocycles. The van der Waals surface area contributed by atoms with E-state index in [2.05, 4.69) is 0 Å². The molecule has 1 saturated carbocycles. The molecule has 25 heavy (non-hydrogen) atoms. The third-order valence-corrected chi connectivity index (χ3v) is 5.14. The van der Waals surface area contributed by atoms with Crippen LogP contribution in [-0.4, -0.2) is 55.7 Å². The van der Waals surface area contributed by atoms with Crippen LogP contribution in [0.1, 0.15) is 25.7 Å². The summed E-state index contributed by atoms with van der Waals surface area (Å²) in [6.07, 6.45) is 3.58. The number of anilines is 1. The third kappa shape index (κ3) is 3.63. The molecule has 1 atom stereocenters. The highest BCUT2D eigenvalue weighted by Gasteiger charge is 2.35. The van der Waals surface area contributed by atoms with Gasteiger partial charge in [-0.2, -0.15) is 0 Å². The molecule has 0 bridgehead atoms. The SMILES string of the molecule is O=C1COc2ccccc2N1CCC(=O)N(CC1CCOC1)C1CC1. The van der Waals surface area contributed by atoms with Gasteiger partial charge in [-0.25, -0.2) is 0 Å². The van der Waals surface area contributed by atoms with Crippen molar-refractivity contribution in [1.82, 2.24) is 4.90 Å². The van der Waals surface area contributed by atoms with Crippen LogP contribution in [0.2, 0.25) is 0 Å². The largest absolute Gasteiger partial charge is 0.482 e. The minimum atomic E-state index is -0.0892. The van der Waals surface area contributed by atoms with E-state index in [0.29, 0.717) is 30.7 Å². The van der Waals surface area contributed by atoms with Crippen LogP contribution in [0.4, 0.5) is 5.69 Å². The average Bonchev–Trinajstić information content (AvgIpc) is 3.34. The monoisotopic (exact) mass is 344 g/mol. The van der Waals surface area contributed by atoms with E-state index in [1.807, 2.05) is 29.2 Å². The van der Waals surface area contributed by atoms with Gasteiger partial charge in [-0.15, -0.1) is 0 Å². The van der Waals surface area contributed by atoms with Crippen LogP contribution >= 0.6 is 0 Å². The summed E-state index contributed by atoms with van der Waals surface area (Å²) in [5.41, 5.74) is 0.758. The molecule has 0 aromatic heterocycles. The smallest absolute Gasteiger partial charge is 0.265 e. The number of carbonyl (C=O) groups is 2. The zero-order valence-electron chi connectivity index (χ0n) is 14.4. The van der Waals surface area contributed by atoms with Gasteiger partial charge in [-0.3, -0.25) is 9.59 Å². The molecule has 0 N–H and O–H groups in total. The van der Waals surface area contributed by atoms with Gasteiger partial charge in [0.2, 0.25) is 5.91 Å². The molecule has 0 radical (unpaired) electrons. The van der Waals surface area contributed by atoms with Crippen LogP contribution in [0.3, 0.4) is 0 Å². The Balaban J connectivity index is 1.39. The Morgan fingerprint density at radius 3 is 2.84 bits per heavy atom. The van der Waals surface area contributed by atoms with Gasteiger partial charge in [0.15, 0.2) is 6.61 Å². The number of amides is 2. The highest BCUT2D eigenvalue weighted by molar-refractivity contribution is 5.98. The van der Waals surface area contributed by atoms with Crippen molar-refractivity contribution in [1.29, 1.82) is 0 Å². The second-order valence-electron chi connectivity index (χ2n) is 7.06. The summed E-state index contributed by atoms with van der Waals surface area (Å²) in [6.45, 7) is 2.79. The van der Waals surface area contributed by atoms with Crippen molar-refractivity contribution >= 4 is 17.5 Å². The van der Waals surface area contributed by atoms with Crippen molar-refractivity contribution in [2.45, 2.75) is 31.7 Å². The zero-order valence-corrected chi connectivity index (χ0v) is 14.4. The van der Waals surface area contributed by atoms with Gasteiger partial charge in [0.05, 0.1) is 12.3 Å². The predicted molar refractivity (Wildman–Crippen MR) is 92.6 cm³/mol. The molecule has 4 rings (SSSR count). The fourth-order valence-electron chi connectivity index (χ4n) is 3.60. The Morgan fingerprint density at radius 2 is 2.08 bits per heavy atom. The summed E-state index contributed by atoms with van der Waals surface area (Å²) in [5, 5.41) is 0. The molecule has 6 nitrogen and oxygen atoms in total. The Labute approximate surface area is 147 Å². The first-order chi connectivity index (χ1) is 12.2. The minimum absolute atomic E-state index is 0.0386. The van der Waals surface area contributed by atoms with Gasteiger partial charge in [0, 0.05) is 38.1 Å². The number of carbonyl (C=O) groups excluding carboxylic acids is 2. The van der Waals surface area contributed by atoms with Gasteiger partial charge in [0.25, 0.3) is 5.91 Å². The van der Waals surface area contributed by atoms with E-state index < -0.39 is 0 Å². The van der Waals surface area contributed by atoms with Gasteiger partial charge >= 0.3 is 0 Å². The molecule has 1 aliphatic carbocycles. The lowest BCUT2D eigenvalue weighted by atomic mass is 10.1. The second-order valence-corrected chi connectivity index (χ2v) is 7.06. The Morgan fingerprint density at radius 1 is 1.24 bits per heavy atom. The number of hydrogen-bond acceptors (Lipinski definition) is 4. The van der Waals surface area contributed by atoms with Crippen LogP contribution in [0.15, 0.2) is 24.3 Å². The zero-order chi connectivity index (χ0) is 17.2. The first kappa shape index (κ1) is 16.4. The first-order valence-corrected chi connectivity index (χ1v) is 9.12. The third-order valence-electron chi connectivity index (χ3n) is 5.14. The van der Waals surface area contributed by atoms with Gasteiger partial charge < -0.3 is 19.3 Å². The molecule has 2 fully saturated rings. The van der Waals surface area contributed by atoms with E-state index in [1.165, 1.54) is 0 Å². The molecular weight excluding hydrogens is 320 g/mol. The standard InChI is InChI=1S/C19H24N2O4/c22-18(21(15-5-6-15)11-14-8-10-24-12-14)7-9-20-16-3-1-2-4-17(16)25-13-19(20)23/h1-4,14-15H,5-13H2.